The van der Waals surface area contributed by atoms with Crippen molar-refractivity contribution in [3.63, 3.8) is 0 Å². The molecule has 0 atom stereocenters. The fourth-order valence-corrected chi connectivity index (χ4v) is 4.69. The van der Waals surface area contributed by atoms with Crippen LogP contribution < -0.4 is 15.2 Å². The average Bonchev–Trinajstić information content (AvgIpc) is 2.82. The van der Waals surface area contributed by atoms with Crippen LogP contribution in [0.5, 0.6) is 11.6 Å². The van der Waals surface area contributed by atoms with Crippen LogP contribution in [0.2, 0.25) is 0 Å². The van der Waals surface area contributed by atoms with E-state index in [2.05, 4.69) is 35.1 Å². The third kappa shape index (κ3) is 5.91. The van der Waals surface area contributed by atoms with E-state index in [0.717, 1.165) is 80.6 Å². The Labute approximate surface area is 192 Å². The lowest BCUT2D eigenvalue weighted by Gasteiger charge is -2.29. The maximum atomic E-state index is 6.43. The van der Waals surface area contributed by atoms with Gasteiger partial charge in [-0.15, -0.1) is 5.10 Å². The van der Waals surface area contributed by atoms with E-state index in [0.29, 0.717) is 11.6 Å². The third-order valence-corrected chi connectivity index (χ3v) is 6.73. The normalized spacial score (nSPS) is 18.6. The van der Waals surface area contributed by atoms with Gasteiger partial charge in [0.05, 0.1) is 17.5 Å². The van der Waals surface area contributed by atoms with Gasteiger partial charge in [0.25, 0.3) is 0 Å². The van der Waals surface area contributed by atoms with Crippen molar-refractivity contribution in [3.8, 4) is 22.8 Å². The Hall–Kier alpha value is -2.34. The van der Waals surface area contributed by atoms with Crippen LogP contribution in [0.15, 0.2) is 24.3 Å². The number of likely N-dealkylation sites (tertiary alicyclic amines) is 1. The molecule has 1 aliphatic heterocycles. The molecule has 2 fully saturated rings. The van der Waals surface area contributed by atoms with Gasteiger partial charge in [0.1, 0.15) is 11.9 Å². The van der Waals surface area contributed by atoms with E-state index in [4.69, 9.17) is 15.2 Å². The summed E-state index contributed by atoms with van der Waals surface area (Å²) in [5.41, 5.74) is 10.2. The summed E-state index contributed by atoms with van der Waals surface area (Å²) in [6.45, 7) is 4.30. The van der Waals surface area contributed by atoms with Crippen molar-refractivity contribution in [3.05, 3.63) is 30.0 Å². The number of nitrogens with two attached hydrogens (primary N) is 1. The van der Waals surface area contributed by atoms with Crippen molar-refractivity contribution in [2.45, 2.75) is 83.3 Å². The number of unbranched alkanes of at least 4 members (excludes halogenated alkanes) is 1. The summed E-state index contributed by atoms with van der Waals surface area (Å²) in [6.07, 6.45) is 11.7. The number of ether oxygens (including phenoxy) is 2. The molecule has 2 aromatic rings. The smallest absolute Gasteiger partial charge is 0.234 e. The first-order valence-corrected chi connectivity index (χ1v) is 12.4. The zero-order chi connectivity index (χ0) is 22.3. The van der Waals surface area contributed by atoms with Gasteiger partial charge >= 0.3 is 0 Å². The minimum absolute atomic E-state index is 0.200. The molecule has 1 aliphatic carbocycles. The molecule has 0 bridgehead atoms. The Balaban J connectivity index is 1.54. The van der Waals surface area contributed by atoms with Crippen molar-refractivity contribution >= 4 is 5.69 Å². The number of nitrogens with zero attached hydrogens (tertiary/aromatic N) is 3. The molecule has 6 heteroatoms. The van der Waals surface area contributed by atoms with E-state index in [-0.39, 0.29) is 12.2 Å². The fourth-order valence-electron chi connectivity index (χ4n) is 4.69. The summed E-state index contributed by atoms with van der Waals surface area (Å²) in [5.74, 6) is 1.40. The number of nitrogen functional groups attached to an aromatic ring is 1. The van der Waals surface area contributed by atoms with E-state index < -0.39 is 0 Å². The number of rotatable bonds is 8. The van der Waals surface area contributed by atoms with Crippen LogP contribution in [0, 0.1) is 0 Å². The summed E-state index contributed by atoms with van der Waals surface area (Å²) >= 11 is 0. The molecule has 0 spiro atoms. The number of anilines is 1. The highest BCUT2D eigenvalue weighted by atomic mass is 16.5. The third-order valence-electron chi connectivity index (χ3n) is 6.73. The lowest BCUT2D eigenvalue weighted by Crippen LogP contribution is -2.35. The summed E-state index contributed by atoms with van der Waals surface area (Å²) in [4.78, 5) is 2.34. The molecule has 1 aromatic heterocycles. The fraction of sp³-hybridized carbons (Fsp3) is 0.615. The SMILES string of the molecule is CCCCc1nnc(OC2CCN(C)CC2)cc1-c1ccc(OC2CCCCC2)c(N)c1. The minimum Gasteiger partial charge on any atom is -0.488 e. The van der Waals surface area contributed by atoms with E-state index in [1.54, 1.807) is 0 Å². The molecule has 0 amide bonds. The highest BCUT2D eigenvalue weighted by Gasteiger charge is 2.20. The van der Waals surface area contributed by atoms with E-state index in [1.165, 1.54) is 19.3 Å². The van der Waals surface area contributed by atoms with Crippen LogP contribution in [0.25, 0.3) is 11.1 Å². The largest absolute Gasteiger partial charge is 0.488 e. The van der Waals surface area contributed by atoms with Gasteiger partial charge in [-0.05, 0) is 76.1 Å². The van der Waals surface area contributed by atoms with Crippen molar-refractivity contribution in [1.82, 2.24) is 15.1 Å². The average molecular weight is 439 g/mol. The van der Waals surface area contributed by atoms with Gasteiger partial charge in [0.15, 0.2) is 0 Å². The van der Waals surface area contributed by atoms with Crippen molar-refractivity contribution in [1.29, 1.82) is 0 Å². The Kier molecular flexibility index (Phi) is 7.85. The number of piperidine rings is 1. The highest BCUT2D eigenvalue weighted by molar-refractivity contribution is 5.72. The minimum atomic E-state index is 0.200. The molecule has 6 nitrogen and oxygen atoms in total. The predicted molar refractivity (Wildman–Crippen MR) is 129 cm³/mol. The molecule has 1 aromatic carbocycles. The van der Waals surface area contributed by atoms with E-state index in [1.807, 2.05) is 18.2 Å². The Morgan fingerprint density at radius 2 is 1.72 bits per heavy atom. The lowest BCUT2D eigenvalue weighted by molar-refractivity contribution is 0.109. The zero-order valence-electron chi connectivity index (χ0n) is 19.7. The first kappa shape index (κ1) is 22.8. The van der Waals surface area contributed by atoms with Gasteiger partial charge in [-0.2, -0.15) is 5.10 Å². The summed E-state index contributed by atoms with van der Waals surface area (Å²) < 4.78 is 12.4. The van der Waals surface area contributed by atoms with Gasteiger partial charge < -0.3 is 20.1 Å². The molecule has 1 saturated heterocycles. The van der Waals surface area contributed by atoms with Gasteiger partial charge in [-0.25, -0.2) is 0 Å². The molecular formula is C26H38N4O2. The molecule has 2 N–H and O–H groups in total. The quantitative estimate of drug-likeness (QED) is 0.567. The van der Waals surface area contributed by atoms with Crippen LogP contribution in [-0.4, -0.2) is 47.4 Å². The summed E-state index contributed by atoms with van der Waals surface area (Å²) in [5, 5.41) is 8.97. The first-order chi connectivity index (χ1) is 15.6. The molecular weight excluding hydrogens is 400 g/mol. The van der Waals surface area contributed by atoms with Crippen LogP contribution in [0.3, 0.4) is 0 Å². The Morgan fingerprint density at radius 3 is 2.44 bits per heavy atom. The van der Waals surface area contributed by atoms with Crippen molar-refractivity contribution in [2.24, 2.45) is 0 Å². The molecule has 2 heterocycles. The summed E-state index contributed by atoms with van der Waals surface area (Å²) in [6, 6.07) is 8.18. The first-order valence-electron chi connectivity index (χ1n) is 12.4. The monoisotopic (exact) mass is 438 g/mol. The van der Waals surface area contributed by atoms with Crippen LogP contribution >= 0.6 is 0 Å². The highest BCUT2D eigenvalue weighted by Crippen LogP contribution is 2.34. The van der Waals surface area contributed by atoms with Gasteiger partial charge in [-0.1, -0.05) is 25.8 Å². The Bertz CT molecular complexity index is 874. The van der Waals surface area contributed by atoms with Crippen molar-refractivity contribution in [2.75, 3.05) is 25.9 Å². The summed E-state index contributed by atoms with van der Waals surface area (Å²) in [7, 11) is 2.16. The number of hydrogen-bond acceptors (Lipinski definition) is 6. The number of hydrogen-bond donors (Lipinski definition) is 1. The molecule has 0 unspecified atom stereocenters. The second-order valence-electron chi connectivity index (χ2n) is 9.40. The van der Waals surface area contributed by atoms with E-state index >= 15 is 0 Å². The lowest BCUT2D eigenvalue weighted by atomic mass is 9.97. The Morgan fingerprint density at radius 1 is 0.969 bits per heavy atom. The molecule has 1 saturated carbocycles. The predicted octanol–water partition coefficient (Wildman–Crippen LogP) is 5.25. The maximum Gasteiger partial charge on any atom is 0.234 e. The topological polar surface area (TPSA) is 73.5 Å². The molecule has 4 rings (SSSR count). The number of aromatic nitrogens is 2. The van der Waals surface area contributed by atoms with Gasteiger partial charge in [0.2, 0.25) is 5.88 Å². The standard InChI is InChI=1S/C26H38N4O2/c1-3-4-10-24-22(18-26(29-28-24)32-21-13-15-30(2)16-14-21)19-11-12-25(23(27)17-19)31-20-8-6-5-7-9-20/h11-12,17-18,20-21H,3-10,13-16,27H2,1-2H3. The van der Waals surface area contributed by atoms with Crippen LogP contribution in [-0.2, 0) is 6.42 Å². The second kappa shape index (κ2) is 11.0. The molecule has 32 heavy (non-hydrogen) atoms. The number of aryl methyl sites for hydroxylation is 1. The van der Waals surface area contributed by atoms with Gasteiger partial charge in [-0.3, -0.25) is 0 Å². The van der Waals surface area contributed by atoms with Crippen LogP contribution in [0.4, 0.5) is 5.69 Å². The maximum absolute atomic E-state index is 6.43. The van der Waals surface area contributed by atoms with Crippen LogP contribution in [0.1, 0.15) is 70.4 Å². The van der Waals surface area contributed by atoms with Gasteiger partial charge in [0, 0.05) is 24.7 Å². The molecule has 174 valence electrons. The molecule has 0 radical (unpaired) electrons. The second-order valence-corrected chi connectivity index (χ2v) is 9.40. The van der Waals surface area contributed by atoms with E-state index in [9.17, 15) is 0 Å². The zero-order valence-corrected chi connectivity index (χ0v) is 19.7. The number of benzene rings is 1. The van der Waals surface area contributed by atoms with Crippen molar-refractivity contribution < 1.29 is 9.47 Å². The molecule has 2 aliphatic rings.